The minimum atomic E-state index is -1.26. The van der Waals surface area contributed by atoms with Gasteiger partial charge in [-0.25, -0.2) is 0 Å². The predicted octanol–water partition coefficient (Wildman–Crippen LogP) is 5.33. The van der Waals surface area contributed by atoms with E-state index >= 15 is 0 Å². The van der Waals surface area contributed by atoms with Gasteiger partial charge >= 0.3 is 17.4 Å². The van der Waals surface area contributed by atoms with Gasteiger partial charge < -0.3 is 29.7 Å². The first-order chi connectivity index (χ1) is 20.6. The van der Waals surface area contributed by atoms with Crippen molar-refractivity contribution in [2.45, 2.75) is 181 Å². The maximum absolute atomic E-state index is 11.1. The summed E-state index contributed by atoms with van der Waals surface area (Å²) < 4.78 is 0. The smallest absolute Gasteiger partial charge is 0.550 e. The molecule has 0 bridgehead atoms. The van der Waals surface area contributed by atoms with Crippen LogP contribution in [0.1, 0.15) is 181 Å². The van der Waals surface area contributed by atoms with E-state index in [-0.39, 0.29) is 28.9 Å². The summed E-state index contributed by atoms with van der Waals surface area (Å²) >= 11 is 0. The Morgan fingerprint density at radius 1 is 0.455 bits per heavy atom. The van der Waals surface area contributed by atoms with E-state index in [1.165, 1.54) is 103 Å². The number of hydrogen-bond donors (Lipinski definition) is 0. The largest absolute Gasteiger partial charge is 3.00 e. The summed E-state index contributed by atoms with van der Waals surface area (Å²) in [6.07, 6.45) is 27.9. The van der Waals surface area contributed by atoms with Gasteiger partial charge in [-0.3, -0.25) is 9.59 Å². The van der Waals surface area contributed by atoms with Crippen molar-refractivity contribution in [2.24, 2.45) is 0 Å². The Bertz CT molecular complexity index is 659. The van der Waals surface area contributed by atoms with E-state index in [2.05, 4.69) is 20.4 Å². The van der Waals surface area contributed by atoms with E-state index in [0.717, 1.165) is 44.6 Å². The zero-order chi connectivity index (χ0) is 33.0. The number of unbranched alkanes of at least 4 members (excludes halogenated alkanes) is 20. The predicted molar refractivity (Wildman–Crippen MR) is 172 cm³/mol. The average molecular weight is 637 g/mol. The molecule has 0 fully saturated rings. The molecule has 0 aromatic rings. The van der Waals surface area contributed by atoms with E-state index < -0.39 is 30.7 Å². The van der Waals surface area contributed by atoms with Crippen LogP contribution >= 0.6 is 0 Å². The monoisotopic (exact) mass is 636 g/mol. The van der Waals surface area contributed by atoms with Crippen LogP contribution in [-0.2, 0) is 24.0 Å². The van der Waals surface area contributed by atoms with Gasteiger partial charge in [-0.05, 0) is 18.9 Å². The van der Waals surface area contributed by atoms with Gasteiger partial charge in [0, 0.05) is 37.6 Å². The Morgan fingerprint density at radius 3 is 0.841 bits per heavy atom. The van der Waals surface area contributed by atoms with Crippen LogP contribution in [0.5, 0.6) is 0 Å². The van der Waals surface area contributed by atoms with Crippen molar-refractivity contribution in [2.75, 3.05) is 0 Å². The van der Waals surface area contributed by atoms with Gasteiger partial charge in [0.25, 0.3) is 0 Å². The van der Waals surface area contributed by atoms with Crippen molar-refractivity contribution in [1.82, 2.24) is 0 Å². The quantitative estimate of drug-likeness (QED) is 0.0462. The molecule has 0 radical (unpaired) electrons. The maximum atomic E-state index is 11.1. The van der Waals surface area contributed by atoms with Gasteiger partial charge in [-0.2, -0.15) is 0 Å². The van der Waals surface area contributed by atoms with Crippen LogP contribution in [-0.4, -0.2) is 46.8 Å². The average Bonchev–Trinajstić information content (AvgIpc) is 2.94. The fourth-order valence-corrected chi connectivity index (χ4v) is 4.47. The molecule has 0 aliphatic rings. The zero-order valence-corrected chi connectivity index (χ0v) is 29.2. The van der Waals surface area contributed by atoms with Crippen LogP contribution in [0.3, 0.4) is 0 Å². The molecule has 0 heterocycles. The van der Waals surface area contributed by atoms with Crippen molar-refractivity contribution in [3.63, 3.8) is 0 Å². The van der Waals surface area contributed by atoms with E-state index in [4.69, 9.17) is 9.90 Å². The third-order valence-electron chi connectivity index (χ3n) is 6.97. The Balaban J connectivity index is -0.000000309. The SMILES string of the molecule is C=CC(=O)[O-].CCCCCCCCCCCCCC(=O)CC(=O)[O-].CCCCCCCCCCCCCC(=O)CC(=O)[O-].[Al+3]. The topological polar surface area (TPSA) is 155 Å². The standard InChI is InChI=1S/2C16H30O3.C3H4O2.Al/c2*1-2-3-4-5-6-7-8-9-10-11-12-13-15(17)14-16(18)19;1-2-3(4)5;/h2*2-14H2,1H3,(H,18,19);2H,1H2,(H,4,5);/q;;;+3/p-3. The summed E-state index contributed by atoms with van der Waals surface area (Å²) in [4.78, 5) is 51.7. The Kier molecular flexibility index (Phi) is 45.6. The summed E-state index contributed by atoms with van der Waals surface area (Å²) in [6, 6.07) is 0. The number of carboxylic acid groups (broad SMARTS) is 3. The van der Waals surface area contributed by atoms with Crippen LogP contribution in [0.2, 0.25) is 0 Å². The molecule has 0 atom stereocenters. The summed E-state index contributed by atoms with van der Waals surface area (Å²) in [5.74, 6) is -4.14. The summed E-state index contributed by atoms with van der Waals surface area (Å²) in [7, 11) is 0. The van der Waals surface area contributed by atoms with Crippen LogP contribution in [0, 0.1) is 0 Å². The second-order valence-electron chi connectivity index (χ2n) is 11.3. The van der Waals surface area contributed by atoms with Crippen LogP contribution in [0.25, 0.3) is 0 Å². The Labute approximate surface area is 279 Å². The molecule has 0 aliphatic heterocycles. The Hall–Kier alpha value is -1.98. The van der Waals surface area contributed by atoms with Crippen LogP contribution < -0.4 is 15.3 Å². The fraction of sp³-hybridized carbons (Fsp3) is 0.800. The summed E-state index contributed by atoms with van der Waals surface area (Å²) in [5.41, 5.74) is 0. The molecule has 0 N–H and O–H groups in total. The van der Waals surface area contributed by atoms with Crippen LogP contribution in [0.15, 0.2) is 12.7 Å². The van der Waals surface area contributed by atoms with Crippen molar-refractivity contribution in [1.29, 1.82) is 0 Å². The molecule has 0 aromatic heterocycles. The van der Waals surface area contributed by atoms with E-state index in [0.29, 0.717) is 12.8 Å². The van der Waals surface area contributed by atoms with Crippen LogP contribution in [0.4, 0.5) is 0 Å². The minimum Gasteiger partial charge on any atom is -0.550 e. The van der Waals surface area contributed by atoms with E-state index in [9.17, 15) is 29.4 Å². The molecule has 0 aromatic carbocycles. The fourth-order valence-electron chi connectivity index (χ4n) is 4.47. The molecular weight excluding hydrogens is 575 g/mol. The molecule has 0 unspecified atom stereocenters. The number of ketones is 2. The number of carbonyl (C=O) groups excluding carboxylic acids is 5. The molecule has 0 rings (SSSR count). The Morgan fingerprint density at radius 2 is 0.659 bits per heavy atom. The van der Waals surface area contributed by atoms with E-state index in [1.807, 2.05) is 0 Å². The van der Waals surface area contributed by atoms with Crippen molar-refractivity contribution < 1.29 is 39.3 Å². The van der Waals surface area contributed by atoms with Gasteiger partial charge in [-0.15, -0.1) is 0 Å². The van der Waals surface area contributed by atoms with Gasteiger partial charge in [0.05, 0.1) is 5.97 Å². The maximum Gasteiger partial charge on any atom is 3.00 e. The van der Waals surface area contributed by atoms with Crippen molar-refractivity contribution >= 4 is 46.8 Å². The molecule has 9 heteroatoms. The van der Waals surface area contributed by atoms with E-state index in [1.54, 1.807) is 0 Å². The minimum absolute atomic E-state index is 0. The number of Topliss-reactive ketones (excluding diaryl/α,β-unsaturated/α-hetero) is 2. The van der Waals surface area contributed by atoms with Crippen molar-refractivity contribution in [3.05, 3.63) is 12.7 Å². The van der Waals surface area contributed by atoms with Gasteiger partial charge in [0.15, 0.2) is 0 Å². The second kappa shape index (κ2) is 41.0. The third kappa shape index (κ3) is 52.7. The normalized spacial score (nSPS) is 9.86. The number of hydrogen-bond acceptors (Lipinski definition) is 8. The molecule has 0 spiro atoms. The summed E-state index contributed by atoms with van der Waals surface area (Å²) in [6.45, 7) is 7.37. The first-order valence-corrected chi connectivity index (χ1v) is 16.9. The number of aliphatic carboxylic acids is 3. The second-order valence-corrected chi connectivity index (χ2v) is 11.3. The molecule has 0 saturated heterocycles. The number of carbonyl (C=O) groups is 5. The molecule has 0 amide bonds. The molecule has 8 nitrogen and oxygen atoms in total. The first kappa shape index (κ1) is 48.9. The molecule has 252 valence electrons. The van der Waals surface area contributed by atoms with Gasteiger partial charge in [-0.1, -0.05) is 149 Å². The summed E-state index contributed by atoms with van der Waals surface area (Å²) in [5, 5.41) is 29.5. The molecule has 0 saturated carbocycles. The molecule has 0 aliphatic carbocycles. The molecule has 44 heavy (non-hydrogen) atoms. The van der Waals surface area contributed by atoms with Gasteiger partial charge in [0.2, 0.25) is 0 Å². The zero-order valence-electron chi connectivity index (χ0n) is 28.0. The van der Waals surface area contributed by atoms with Gasteiger partial charge in [0.1, 0.15) is 11.6 Å². The number of carboxylic acids is 3. The molecular formula is C35H61AlO8. The first-order valence-electron chi connectivity index (χ1n) is 16.9. The third-order valence-corrected chi connectivity index (χ3v) is 6.97. The van der Waals surface area contributed by atoms with Crippen molar-refractivity contribution in [3.8, 4) is 0 Å². The number of rotatable bonds is 29.